The Labute approximate surface area is 185 Å². The molecule has 2 aromatic heterocycles. The third-order valence-electron chi connectivity index (χ3n) is 5.72. The van der Waals surface area contributed by atoms with Crippen LogP contribution in [-0.2, 0) is 9.59 Å². The summed E-state index contributed by atoms with van der Waals surface area (Å²) in [4.78, 5) is 31.6. The van der Waals surface area contributed by atoms with E-state index >= 15 is 0 Å². The quantitative estimate of drug-likeness (QED) is 0.663. The summed E-state index contributed by atoms with van der Waals surface area (Å²) < 4.78 is 6.89. The number of nitriles is 1. The van der Waals surface area contributed by atoms with Gasteiger partial charge in [0, 0.05) is 24.4 Å². The minimum absolute atomic E-state index is 0.0280. The highest BCUT2D eigenvalue weighted by molar-refractivity contribution is 5.97. The van der Waals surface area contributed by atoms with Crippen LogP contribution in [-0.4, -0.2) is 51.2 Å². The number of para-hydroxylation sites is 1. The number of aromatic nitrogens is 3. The number of pyridine rings is 1. The van der Waals surface area contributed by atoms with Gasteiger partial charge in [0.25, 0.3) is 0 Å². The molecule has 0 spiro atoms. The summed E-state index contributed by atoms with van der Waals surface area (Å²) >= 11 is 0. The summed E-state index contributed by atoms with van der Waals surface area (Å²) in [5.41, 5.74) is 1.82. The molecular formula is C23H24N6O3. The van der Waals surface area contributed by atoms with Crippen molar-refractivity contribution in [1.29, 1.82) is 5.26 Å². The third-order valence-corrected chi connectivity index (χ3v) is 5.72. The highest BCUT2D eigenvalue weighted by Gasteiger charge is 2.36. The molecule has 0 bridgehead atoms. The molecule has 1 fully saturated rings. The first-order valence-corrected chi connectivity index (χ1v) is 10.4. The molecule has 9 nitrogen and oxygen atoms in total. The van der Waals surface area contributed by atoms with Crippen molar-refractivity contribution >= 4 is 28.5 Å². The molecule has 1 unspecified atom stereocenters. The number of fused-ring (bicyclic) bond motifs is 1. The molecule has 1 saturated heterocycles. The maximum Gasteiger partial charge on any atom is 0.230 e. The second kappa shape index (κ2) is 8.30. The van der Waals surface area contributed by atoms with E-state index in [1.54, 1.807) is 12.0 Å². The summed E-state index contributed by atoms with van der Waals surface area (Å²) in [6.07, 6.45) is 1.53. The van der Waals surface area contributed by atoms with E-state index in [0.717, 1.165) is 10.9 Å². The van der Waals surface area contributed by atoms with Crippen LogP contribution in [0.3, 0.4) is 0 Å². The Morgan fingerprint density at radius 1 is 1.38 bits per heavy atom. The number of hydrogen-bond donors (Lipinski definition) is 1. The molecule has 1 atom stereocenters. The number of nitrogens with zero attached hydrogens (tertiary/aromatic N) is 5. The number of hydrogen-bond acceptors (Lipinski definition) is 6. The number of aryl methyl sites for hydroxylation is 1. The fourth-order valence-corrected chi connectivity index (χ4v) is 4.00. The summed E-state index contributed by atoms with van der Waals surface area (Å²) in [6, 6.07) is 9.60. The van der Waals surface area contributed by atoms with Gasteiger partial charge in [0.05, 0.1) is 19.2 Å². The van der Waals surface area contributed by atoms with Crippen molar-refractivity contribution in [3.8, 4) is 17.6 Å². The number of carbonyl (C=O) groups is 2. The molecule has 1 N–H and O–H groups in total. The van der Waals surface area contributed by atoms with Crippen LogP contribution in [0.1, 0.15) is 31.4 Å². The molecule has 32 heavy (non-hydrogen) atoms. The van der Waals surface area contributed by atoms with Gasteiger partial charge in [0.1, 0.15) is 22.9 Å². The minimum atomic E-state index is -0.494. The van der Waals surface area contributed by atoms with Crippen LogP contribution < -0.4 is 10.1 Å². The second-order valence-electron chi connectivity index (χ2n) is 8.11. The maximum atomic E-state index is 13.0. The second-order valence-corrected chi connectivity index (χ2v) is 8.11. The zero-order chi connectivity index (χ0) is 23.0. The Bertz CT molecular complexity index is 1260. The summed E-state index contributed by atoms with van der Waals surface area (Å²) in [5, 5.41) is 17.6. The predicted molar refractivity (Wildman–Crippen MR) is 118 cm³/mol. The fourth-order valence-electron chi connectivity index (χ4n) is 4.00. The van der Waals surface area contributed by atoms with Crippen LogP contribution in [0.5, 0.6) is 5.75 Å². The van der Waals surface area contributed by atoms with E-state index < -0.39 is 5.92 Å². The Balaban J connectivity index is 1.71. The zero-order valence-electron chi connectivity index (χ0n) is 18.4. The summed E-state index contributed by atoms with van der Waals surface area (Å²) in [6.45, 7) is 6.14. The van der Waals surface area contributed by atoms with Crippen molar-refractivity contribution in [3.05, 3.63) is 41.6 Å². The molecular weight excluding hydrogens is 408 g/mol. The smallest absolute Gasteiger partial charge is 0.230 e. The lowest BCUT2D eigenvalue weighted by molar-refractivity contribution is -0.129. The van der Waals surface area contributed by atoms with Crippen LogP contribution in [0.25, 0.3) is 16.7 Å². The van der Waals surface area contributed by atoms with Crippen LogP contribution in [0.15, 0.2) is 30.5 Å². The number of rotatable bonds is 5. The number of likely N-dealkylation sites (tertiary alicyclic amines) is 1. The monoisotopic (exact) mass is 432 g/mol. The van der Waals surface area contributed by atoms with Gasteiger partial charge in [-0.1, -0.05) is 12.1 Å². The van der Waals surface area contributed by atoms with Crippen molar-refractivity contribution in [3.63, 3.8) is 0 Å². The van der Waals surface area contributed by atoms with E-state index in [9.17, 15) is 14.9 Å². The fraction of sp³-hybridized carbons (Fsp3) is 0.348. The lowest BCUT2D eigenvalue weighted by atomic mass is 10.1. The number of carbonyl (C=O) groups excluding carboxylic acids is 2. The van der Waals surface area contributed by atoms with E-state index in [1.165, 1.54) is 10.9 Å². The number of ether oxygens (including phenoxy) is 1. The average molecular weight is 432 g/mol. The van der Waals surface area contributed by atoms with Gasteiger partial charge in [-0.25, -0.2) is 4.98 Å². The van der Waals surface area contributed by atoms with E-state index in [2.05, 4.69) is 21.5 Å². The Morgan fingerprint density at radius 3 is 2.81 bits per heavy atom. The number of anilines is 1. The SMILES string of the molecule is COc1cccc2c(C)cc(-n3ncc(C#N)c3NC(=O)C3CC(=O)N(C(C)C)C3)nc12. The third kappa shape index (κ3) is 3.64. The highest BCUT2D eigenvalue weighted by atomic mass is 16.5. The molecule has 1 aliphatic rings. The molecule has 1 aliphatic heterocycles. The lowest BCUT2D eigenvalue weighted by Crippen LogP contribution is -2.33. The normalized spacial score (nSPS) is 15.9. The van der Waals surface area contributed by atoms with Crippen LogP contribution in [0, 0.1) is 24.2 Å². The number of methoxy groups -OCH3 is 1. The van der Waals surface area contributed by atoms with Gasteiger partial charge in [-0.05, 0) is 38.5 Å². The van der Waals surface area contributed by atoms with Gasteiger partial charge in [-0.15, -0.1) is 0 Å². The Kier molecular flexibility index (Phi) is 5.53. The molecule has 4 rings (SSSR count). The Morgan fingerprint density at radius 2 is 2.16 bits per heavy atom. The standard InChI is InChI=1S/C23H24N6O3/c1-13(2)28-12-15(9-20(28)30)23(31)27-22-16(10-24)11-25-29(22)19-8-14(3)17-6-5-7-18(32-4)21(17)26-19/h5-8,11,13,15H,9,12H2,1-4H3,(H,27,31). The van der Waals surface area contributed by atoms with E-state index in [4.69, 9.17) is 4.74 Å². The molecule has 3 heterocycles. The van der Waals surface area contributed by atoms with Crippen molar-refractivity contribution in [2.45, 2.75) is 33.2 Å². The first-order chi connectivity index (χ1) is 15.3. The van der Waals surface area contributed by atoms with Gasteiger partial charge < -0.3 is 15.0 Å². The van der Waals surface area contributed by atoms with Crippen molar-refractivity contribution in [2.24, 2.45) is 5.92 Å². The first-order valence-electron chi connectivity index (χ1n) is 10.4. The van der Waals surface area contributed by atoms with Gasteiger partial charge in [-0.2, -0.15) is 15.0 Å². The molecule has 9 heteroatoms. The van der Waals surface area contributed by atoms with E-state index in [0.29, 0.717) is 23.6 Å². The number of benzene rings is 1. The van der Waals surface area contributed by atoms with Gasteiger partial charge in [-0.3, -0.25) is 9.59 Å². The molecule has 0 aliphatic carbocycles. The molecule has 2 amide bonds. The van der Waals surface area contributed by atoms with Crippen molar-refractivity contribution < 1.29 is 14.3 Å². The summed E-state index contributed by atoms with van der Waals surface area (Å²) in [7, 11) is 1.58. The first kappa shape index (κ1) is 21.3. The number of nitrogens with one attached hydrogen (secondary N) is 1. The van der Waals surface area contributed by atoms with E-state index in [1.807, 2.05) is 45.0 Å². The van der Waals surface area contributed by atoms with Gasteiger partial charge in [0.2, 0.25) is 11.8 Å². The van der Waals surface area contributed by atoms with Crippen molar-refractivity contribution in [2.75, 3.05) is 19.0 Å². The van der Waals surface area contributed by atoms with Crippen LogP contribution in [0.4, 0.5) is 5.82 Å². The topological polar surface area (TPSA) is 113 Å². The average Bonchev–Trinajstić information content (AvgIpc) is 3.36. The molecule has 0 saturated carbocycles. The molecule has 164 valence electrons. The number of amides is 2. The van der Waals surface area contributed by atoms with Gasteiger partial charge >= 0.3 is 0 Å². The molecule has 3 aromatic rings. The zero-order valence-corrected chi connectivity index (χ0v) is 18.4. The summed E-state index contributed by atoms with van der Waals surface area (Å²) in [5.74, 6) is 0.426. The lowest BCUT2D eigenvalue weighted by Gasteiger charge is -2.20. The Hall–Kier alpha value is -3.93. The van der Waals surface area contributed by atoms with Gasteiger partial charge in [0.15, 0.2) is 11.6 Å². The minimum Gasteiger partial charge on any atom is -0.494 e. The largest absolute Gasteiger partial charge is 0.494 e. The van der Waals surface area contributed by atoms with Crippen LogP contribution >= 0.6 is 0 Å². The molecule has 0 radical (unpaired) electrons. The predicted octanol–water partition coefficient (Wildman–Crippen LogP) is 2.80. The maximum absolute atomic E-state index is 13.0. The molecule has 1 aromatic carbocycles. The highest BCUT2D eigenvalue weighted by Crippen LogP contribution is 2.29. The van der Waals surface area contributed by atoms with Crippen molar-refractivity contribution in [1.82, 2.24) is 19.7 Å². The van der Waals surface area contributed by atoms with E-state index in [-0.39, 0.29) is 35.7 Å². The van der Waals surface area contributed by atoms with Crippen LogP contribution in [0.2, 0.25) is 0 Å².